The number of amides is 1. The molecule has 10 heteroatoms. The standard InChI is InChI=1S/C36H51ClN6O3/c1-2-26-21-25(22-29(37)34(26)38)23-31(35(45)42-19-15-27(16-20-42)41-17-5-6-18-41)39-33(44)14-11-24-9-12-28(13-10-24)43-32-8-4-3-7-30(32)40-36(43)46/h3-4,7-8,21-22,24,27-28,31,33,39,44H,2,5-6,9-20,23,38H2,1H3,(H,40,46)/t24?,28?,31-,33?/m1/s1. The number of carbonyl (C=O) groups is 1. The molecule has 1 unspecified atom stereocenters. The maximum Gasteiger partial charge on any atom is 0.326 e. The minimum atomic E-state index is -0.792. The molecular formula is C36H51ClN6O3. The lowest BCUT2D eigenvalue weighted by Crippen LogP contribution is -2.54. The highest BCUT2D eigenvalue weighted by atomic mass is 35.5. The molecule has 3 heterocycles. The summed E-state index contributed by atoms with van der Waals surface area (Å²) in [6.07, 6.45) is 10.3. The average molecular weight is 651 g/mol. The summed E-state index contributed by atoms with van der Waals surface area (Å²) in [5.41, 5.74) is 10.6. The van der Waals surface area contributed by atoms with Crippen LogP contribution in [-0.4, -0.2) is 74.9 Å². The number of nitrogen functional groups attached to an aromatic ring is 1. The number of benzene rings is 2. The first-order valence-corrected chi connectivity index (χ1v) is 17.9. The molecule has 0 bridgehead atoms. The molecule has 46 heavy (non-hydrogen) atoms. The molecule has 3 aliphatic rings. The number of nitrogens with one attached hydrogen (secondary N) is 2. The third-order valence-corrected chi connectivity index (χ3v) is 11.2. The van der Waals surface area contributed by atoms with Gasteiger partial charge in [-0.3, -0.25) is 14.7 Å². The molecule has 1 saturated carbocycles. The van der Waals surface area contributed by atoms with E-state index in [1.165, 1.54) is 25.9 Å². The second-order valence-electron chi connectivity index (χ2n) is 13.8. The third-order valence-electron chi connectivity index (χ3n) is 10.9. The number of aryl methyl sites for hydroxylation is 1. The molecular weight excluding hydrogens is 600 g/mol. The number of likely N-dealkylation sites (tertiary alicyclic amines) is 2. The van der Waals surface area contributed by atoms with Crippen LogP contribution in [0.1, 0.15) is 88.3 Å². The molecule has 250 valence electrons. The molecule has 1 aliphatic carbocycles. The van der Waals surface area contributed by atoms with E-state index in [4.69, 9.17) is 17.3 Å². The first-order chi connectivity index (χ1) is 22.3. The highest BCUT2D eigenvalue weighted by Gasteiger charge is 2.33. The quantitative estimate of drug-likeness (QED) is 0.166. The first kappa shape index (κ1) is 33.1. The number of piperidine rings is 1. The maximum atomic E-state index is 14.0. The normalized spacial score (nSPS) is 22.8. The van der Waals surface area contributed by atoms with E-state index in [0.29, 0.717) is 35.5 Å². The summed E-state index contributed by atoms with van der Waals surface area (Å²) < 4.78 is 1.93. The number of aliphatic hydroxyl groups excluding tert-OH is 1. The van der Waals surface area contributed by atoms with Gasteiger partial charge in [-0.05, 0) is 125 Å². The third kappa shape index (κ3) is 7.48. The highest BCUT2D eigenvalue weighted by molar-refractivity contribution is 6.33. The Labute approximate surface area is 277 Å². The van der Waals surface area contributed by atoms with Crippen molar-refractivity contribution in [2.45, 2.75) is 108 Å². The lowest BCUT2D eigenvalue weighted by molar-refractivity contribution is -0.136. The summed E-state index contributed by atoms with van der Waals surface area (Å²) in [6, 6.07) is 12.0. The van der Waals surface area contributed by atoms with Crippen LogP contribution in [0.3, 0.4) is 0 Å². The first-order valence-electron chi connectivity index (χ1n) is 17.5. The monoisotopic (exact) mass is 650 g/mol. The number of halogens is 1. The largest absolute Gasteiger partial charge is 0.397 e. The topological polar surface area (TPSA) is 120 Å². The van der Waals surface area contributed by atoms with Gasteiger partial charge in [0.1, 0.15) is 6.23 Å². The van der Waals surface area contributed by atoms with Crippen molar-refractivity contribution in [3.63, 3.8) is 0 Å². The molecule has 1 aromatic heterocycles. The van der Waals surface area contributed by atoms with Crippen LogP contribution in [0.15, 0.2) is 41.2 Å². The number of fused-ring (bicyclic) bond motifs is 1. The Morgan fingerprint density at radius 3 is 2.48 bits per heavy atom. The Morgan fingerprint density at radius 1 is 1.04 bits per heavy atom. The molecule has 2 atom stereocenters. The van der Waals surface area contributed by atoms with Crippen LogP contribution in [0, 0.1) is 5.92 Å². The molecule has 5 N–H and O–H groups in total. The van der Waals surface area contributed by atoms with E-state index in [9.17, 15) is 14.7 Å². The van der Waals surface area contributed by atoms with Crippen LogP contribution in [0.25, 0.3) is 11.0 Å². The Balaban J connectivity index is 1.06. The molecule has 2 aromatic carbocycles. The minimum absolute atomic E-state index is 0.0336. The SMILES string of the molecule is CCc1cc(C[C@@H](NC(O)CCC2CCC(n3c(=O)[nH]c4ccccc43)CC2)C(=O)N2CCC(N3CCCC3)CC2)cc(Cl)c1N. The van der Waals surface area contributed by atoms with Gasteiger partial charge in [0.25, 0.3) is 0 Å². The summed E-state index contributed by atoms with van der Waals surface area (Å²) in [4.78, 5) is 34.3. The molecule has 6 rings (SSSR count). The summed E-state index contributed by atoms with van der Waals surface area (Å²) in [5.74, 6) is 0.532. The van der Waals surface area contributed by atoms with E-state index in [0.717, 1.165) is 86.6 Å². The second kappa shape index (κ2) is 14.9. The number of nitrogens with zero attached hydrogens (tertiary/aromatic N) is 3. The number of aromatic amines is 1. The van der Waals surface area contributed by atoms with Crippen molar-refractivity contribution in [1.82, 2.24) is 24.7 Å². The van der Waals surface area contributed by atoms with Gasteiger partial charge >= 0.3 is 5.69 Å². The predicted octanol–water partition coefficient (Wildman–Crippen LogP) is 5.25. The molecule has 0 radical (unpaired) electrons. The lowest BCUT2D eigenvalue weighted by Gasteiger charge is -2.38. The number of anilines is 1. The zero-order valence-corrected chi connectivity index (χ0v) is 28.0. The van der Waals surface area contributed by atoms with E-state index in [2.05, 4.69) is 15.2 Å². The van der Waals surface area contributed by atoms with Crippen molar-refractivity contribution >= 4 is 34.2 Å². The van der Waals surface area contributed by atoms with Crippen molar-refractivity contribution in [2.24, 2.45) is 5.92 Å². The van der Waals surface area contributed by atoms with Crippen molar-refractivity contribution in [3.8, 4) is 0 Å². The van der Waals surface area contributed by atoms with Crippen LogP contribution in [0.4, 0.5) is 5.69 Å². The zero-order valence-electron chi connectivity index (χ0n) is 27.2. The minimum Gasteiger partial charge on any atom is -0.397 e. The molecule has 2 saturated heterocycles. The molecule has 3 fully saturated rings. The lowest BCUT2D eigenvalue weighted by atomic mass is 9.83. The van der Waals surface area contributed by atoms with Crippen LogP contribution in [-0.2, 0) is 17.6 Å². The fourth-order valence-electron chi connectivity index (χ4n) is 8.22. The van der Waals surface area contributed by atoms with E-state index < -0.39 is 12.3 Å². The van der Waals surface area contributed by atoms with Gasteiger partial charge < -0.3 is 25.6 Å². The number of hydrogen-bond acceptors (Lipinski definition) is 6. The number of imidazole rings is 1. The fourth-order valence-corrected chi connectivity index (χ4v) is 8.48. The molecule has 2 aliphatic heterocycles. The molecule has 1 amide bonds. The average Bonchev–Trinajstić information content (AvgIpc) is 3.73. The molecule has 9 nitrogen and oxygen atoms in total. The number of rotatable bonds is 11. The Kier molecular flexibility index (Phi) is 10.7. The van der Waals surface area contributed by atoms with Gasteiger partial charge in [0.2, 0.25) is 5.91 Å². The van der Waals surface area contributed by atoms with Gasteiger partial charge in [-0.15, -0.1) is 0 Å². The Hall–Kier alpha value is -2.85. The number of H-pyrrole nitrogens is 1. The number of carbonyl (C=O) groups excluding carboxylic acids is 1. The van der Waals surface area contributed by atoms with Gasteiger partial charge in [-0.25, -0.2) is 4.79 Å². The maximum absolute atomic E-state index is 14.0. The van der Waals surface area contributed by atoms with Gasteiger partial charge in [0.15, 0.2) is 0 Å². The summed E-state index contributed by atoms with van der Waals surface area (Å²) in [7, 11) is 0. The Bertz CT molecular complexity index is 1530. The van der Waals surface area contributed by atoms with Gasteiger partial charge in [-0.1, -0.05) is 36.7 Å². The molecule has 0 spiro atoms. The highest BCUT2D eigenvalue weighted by Crippen LogP contribution is 2.35. The van der Waals surface area contributed by atoms with Crippen LogP contribution in [0.5, 0.6) is 0 Å². The van der Waals surface area contributed by atoms with Gasteiger partial charge in [0, 0.05) is 25.2 Å². The van der Waals surface area contributed by atoms with E-state index >= 15 is 0 Å². The van der Waals surface area contributed by atoms with Crippen molar-refractivity contribution < 1.29 is 9.90 Å². The van der Waals surface area contributed by atoms with Crippen molar-refractivity contribution in [2.75, 3.05) is 31.9 Å². The van der Waals surface area contributed by atoms with Crippen LogP contribution in [0.2, 0.25) is 5.02 Å². The number of hydrogen-bond donors (Lipinski definition) is 4. The number of aliphatic hydroxyl groups is 1. The van der Waals surface area contributed by atoms with Crippen molar-refractivity contribution in [1.29, 1.82) is 0 Å². The van der Waals surface area contributed by atoms with Crippen LogP contribution >= 0.6 is 11.6 Å². The second-order valence-corrected chi connectivity index (χ2v) is 14.2. The molecule has 3 aromatic rings. The predicted molar refractivity (Wildman–Crippen MR) is 185 cm³/mol. The smallest absolute Gasteiger partial charge is 0.326 e. The van der Waals surface area contributed by atoms with E-state index in [1.807, 2.05) is 52.8 Å². The van der Waals surface area contributed by atoms with Crippen LogP contribution < -0.4 is 16.7 Å². The summed E-state index contributed by atoms with van der Waals surface area (Å²) in [5, 5.41) is 15.1. The fraction of sp³-hybridized carbons (Fsp3) is 0.611. The zero-order chi connectivity index (χ0) is 32.2. The van der Waals surface area contributed by atoms with Crippen molar-refractivity contribution in [3.05, 3.63) is 63.0 Å². The van der Waals surface area contributed by atoms with E-state index in [1.54, 1.807) is 0 Å². The Morgan fingerprint density at radius 2 is 1.76 bits per heavy atom. The number of aromatic nitrogens is 2. The van der Waals surface area contributed by atoms with E-state index in [-0.39, 0.29) is 17.6 Å². The van der Waals surface area contributed by atoms with Gasteiger partial charge in [-0.2, -0.15) is 0 Å². The summed E-state index contributed by atoms with van der Waals surface area (Å²) >= 11 is 6.49. The number of nitrogens with two attached hydrogens (primary N) is 1. The van der Waals surface area contributed by atoms with Gasteiger partial charge in [0.05, 0.1) is 27.8 Å². The summed E-state index contributed by atoms with van der Waals surface area (Å²) in [6.45, 7) is 5.90. The number of para-hydroxylation sites is 2.